The van der Waals surface area contributed by atoms with Gasteiger partial charge in [0.2, 0.25) is 0 Å². The monoisotopic (exact) mass is 348 g/mol. The van der Waals surface area contributed by atoms with E-state index in [1.807, 2.05) is 11.0 Å². The van der Waals surface area contributed by atoms with Gasteiger partial charge in [0.15, 0.2) is 0 Å². The minimum Gasteiger partial charge on any atom is -0.399 e. The fourth-order valence-corrected chi connectivity index (χ4v) is 3.01. The first-order valence-electron chi connectivity index (χ1n) is 7.90. The number of nitrogens with zero attached hydrogens (tertiary/aromatic N) is 2. The highest BCUT2D eigenvalue weighted by atomic mass is 35.5. The van der Waals surface area contributed by atoms with Gasteiger partial charge in [0.05, 0.1) is 10.7 Å². The predicted molar refractivity (Wildman–Crippen MR) is 94.2 cm³/mol. The number of likely N-dealkylation sites (tertiary alicyclic amines) is 1. The number of rotatable bonds is 5. The van der Waals surface area contributed by atoms with Gasteiger partial charge in [0.25, 0.3) is 5.91 Å². The van der Waals surface area contributed by atoms with E-state index in [-0.39, 0.29) is 18.2 Å². The fourth-order valence-electron chi connectivity index (χ4n) is 2.78. The Kier molecular flexibility index (Phi) is 6.47. The van der Waals surface area contributed by atoms with Crippen LogP contribution < -0.4 is 11.1 Å². The van der Waals surface area contributed by atoms with Crippen LogP contribution in [0.4, 0.5) is 11.4 Å². The molecule has 7 heteroatoms. The molecule has 0 aromatic heterocycles. The maximum absolute atomic E-state index is 12.4. The lowest BCUT2D eigenvalue weighted by molar-refractivity contribution is -0.112. The molecule has 1 saturated heterocycles. The summed E-state index contributed by atoms with van der Waals surface area (Å²) in [6.07, 6.45) is 5.24. The average Bonchev–Trinajstić information content (AvgIpc) is 2.56. The SMILES string of the molecule is N#C/C(=C/N1CCCCC1CCO)C(=O)Nc1ccc(N)cc1Cl. The predicted octanol–water partition coefficient (Wildman–Crippen LogP) is 2.51. The van der Waals surface area contributed by atoms with E-state index in [0.717, 1.165) is 25.8 Å². The number of hydrogen-bond donors (Lipinski definition) is 3. The quantitative estimate of drug-likeness (QED) is 0.431. The number of hydrogen-bond acceptors (Lipinski definition) is 5. The molecule has 128 valence electrons. The van der Waals surface area contributed by atoms with Crippen LogP contribution in [-0.4, -0.2) is 35.1 Å². The first-order valence-corrected chi connectivity index (χ1v) is 8.28. The van der Waals surface area contributed by atoms with Crippen LogP contribution in [0.5, 0.6) is 0 Å². The molecular weight excluding hydrogens is 328 g/mol. The summed E-state index contributed by atoms with van der Waals surface area (Å²) < 4.78 is 0. The molecule has 0 aliphatic carbocycles. The van der Waals surface area contributed by atoms with Gasteiger partial charge in [0, 0.05) is 31.1 Å². The van der Waals surface area contributed by atoms with E-state index in [0.29, 0.717) is 22.8 Å². The van der Waals surface area contributed by atoms with Gasteiger partial charge < -0.3 is 21.1 Å². The van der Waals surface area contributed by atoms with Gasteiger partial charge in [-0.25, -0.2) is 0 Å². The van der Waals surface area contributed by atoms with Crippen LogP contribution in [-0.2, 0) is 4.79 Å². The molecular formula is C17H21ClN4O2. The number of anilines is 2. The summed E-state index contributed by atoms with van der Waals surface area (Å²) in [5.74, 6) is -0.516. The summed E-state index contributed by atoms with van der Waals surface area (Å²) in [6, 6.07) is 6.85. The molecule has 1 aromatic rings. The first kappa shape index (κ1) is 18.1. The molecule has 0 saturated carbocycles. The highest BCUT2D eigenvalue weighted by molar-refractivity contribution is 6.34. The number of nitriles is 1. The molecule has 1 unspecified atom stereocenters. The molecule has 1 fully saturated rings. The first-order chi connectivity index (χ1) is 11.5. The maximum Gasteiger partial charge on any atom is 0.267 e. The normalized spacial score (nSPS) is 18.1. The molecule has 24 heavy (non-hydrogen) atoms. The number of halogens is 1. The highest BCUT2D eigenvalue weighted by Crippen LogP contribution is 2.25. The number of carbonyl (C=O) groups excluding carboxylic acids is 1. The number of amides is 1. The third kappa shape index (κ3) is 4.63. The number of aliphatic hydroxyl groups is 1. The Hall–Kier alpha value is -2.23. The molecule has 0 radical (unpaired) electrons. The number of carbonyl (C=O) groups is 1. The minimum atomic E-state index is -0.516. The van der Waals surface area contributed by atoms with Gasteiger partial charge in [0.1, 0.15) is 11.6 Å². The topological polar surface area (TPSA) is 102 Å². The largest absolute Gasteiger partial charge is 0.399 e. The van der Waals surface area contributed by atoms with Gasteiger partial charge in [-0.2, -0.15) is 5.26 Å². The third-order valence-corrected chi connectivity index (χ3v) is 4.35. The molecule has 6 nitrogen and oxygen atoms in total. The van der Waals surface area contributed by atoms with Crippen molar-refractivity contribution in [2.45, 2.75) is 31.7 Å². The summed E-state index contributed by atoms with van der Waals surface area (Å²) in [6.45, 7) is 0.857. The van der Waals surface area contributed by atoms with Crippen LogP contribution in [0, 0.1) is 11.3 Å². The summed E-state index contributed by atoms with van der Waals surface area (Å²) in [5, 5.41) is 21.4. The van der Waals surface area contributed by atoms with E-state index in [2.05, 4.69) is 5.32 Å². The van der Waals surface area contributed by atoms with Gasteiger partial charge in [-0.3, -0.25) is 4.79 Å². The second-order valence-electron chi connectivity index (χ2n) is 5.75. The number of nitrogens with one attached hydrogen (secondary N) is 1. The molecule has 4 N–H and O–H groups in total. The molecule has 0 bridgehead atoms. The lowest BCUT2D eigenvalue weighted by Gasteiger charge is -2.34. The Morgan fingerprint density at radius 3 is 3.00 bits per heavy atom. The molecule has 1 aliphatic rings. The lowest BCUT2D eigenvalue weighted by atomic mass is 10.00. The average molecular weight is 349 g/mol. The Morgan fingerprint density at radius 1 is 1.54 bits per heavy atom. The Bertz CT molecular complexity index is 667. The Balaban J connectivity index is 2.14. The number of piperidine rings is 1. The van der Waals surface area contributed by atoms with Crippen LogP contribution in [0.25, 0.3) is 0 Å². The summed E-state index contributed by atoms with van der Waals surface area (Å²) in [4.78, 5) is 14.3. The third-order valence-electron chi connectivity index (χ3n) is 4.04. The van der Waals surface area contributed by atoms with Crippen molar-refractivity contribution >= 4 is 28.9 Å². The fraction of sp³-hybridized carbons (Fsp3) is 0.412. The zero-order valence-corrected chi connectivity index (χ0v) is 14.1. The summed E-state index contributed by atoms with van der Waals surface area (Å²) >= 11 is 6.04. The number of nitrogen functional groups attached to an aromatic ring is 1. The van der Waals surface area contributed by atoms with E-state index in [4.69, 9.17) is 22.4 Å². The highest BCUT2D eigenvalue weighted by Gasteiger charge is 2.21. The van der Waals surface area contributed by atoms with E-state index < -0.39 is 5.91 Å². The standard InChI is InChI=1S/C17H21ClN4O2/c18-15-9-13(20)4-5-16(15)21-17(24)12(10-19)11-22-7-2-1-3-14(22)6-8-23/h4-5,9,11,14,23H,1-3,6-8,20H2,(H,21,24)/b12-11-. The van der Waals surface area contributed by atoms with Crippen LogP contribution >= 0.6 is 11.6 Å². The minimum absolute atomic E-state index is 0.00716. The smallest absolute Gasteiger partial charge is 0.267 e. The van der Waals surface area contributed by atoms with Crippen LogP contribution in [0.1, 0.15) is 25.7 Å². The van der Waals surface area contributed by atoms with Crippen LogP contribution in [0.2, 0.25) is 5.02 Å². The summed E-state index contributed by atoms with van der Waals surface area (Å²) in [7, 11) is 0. The van der Waals surface area contributed by atoms with Crippen molar-refractivity contribution in [1.82, 2.24) is 4.90 Å². The van der Waals surface area contributed by atoms with Crippen LogP contribution in [0.3, 0.4) is 0 Å². The molecule has 2 rings (SSSR count). The van der Waals surface area contributed by atoms with Crippen molar-refractivity contribution in [2.75, 3.05) is 24.2 Å². The second kappa shape index (κ2) is 8.57. The van der Waals surface area contributed by atoms with Crippen molar-refractivity contribution in [3.63, 3.8) is 0 Å². The summed E-state index contributed by atoms with van der Waals surface area (Å²) in [5.41, 5.74) is 6.53. The van der Waals surface area contributed by atoms with Crippen molar-refractivity contribution in [1.29, 1.82) is 5.26 Å². The van der Waals surface area contributed by atoms with Crippen molar-refractivity contribution in [3.05, 3.63) is 35.0 Å². The molecule has 1 aromatic carbocycles. The van der Waals surface area contributed by atoms with Gasteiger partial charge in [-0.15, -0.1) is 0 Å². The lowest BCUT2D eigenvalue weighted by Crippen LogP contribution is -2.37. The van der Waals surface area contributed by atoms with Crippen molar-refractivity contribution < 1.29 is 9.90 Å². The van der Waals surface area contributed by atoms with E-state index in [1.54, 1.807) is 18.3 Å². The van der Waals surface area contributed by atoms with Gasteiger partial charge in [-0.1, -0.05) is 11.6 Å². The van der Waals surface area contributed by atoms with Gasteiger partial charge >= 0.3 is 0 Å². The van der Waals surface area contributed by atoms with Crippen LogP contribution in [0.15, 0.2) is 30.0 Å². The number of benzene rings is 1. The molecule has 1 atom stereocenters. The van der Waals surface area contributed by atoms with Crippen molar-refractivity contribution in [2.24, 2.45) is 0 Å². The Labute approximate surface area is 146 Å². The second-order valence-corrected chi connectivity index (χ2v) is 6.15. The van der Waals surface area contributed by atoms with Gasteiger partial charge in [-0.05, 0) is 43.9 Å². The zero-order valence-electron chi connectivity index (χ0n) is 13.3. The Morgan fingerprint density at radius 2 is 2.33 bits per heavy atom. The van der Waals surface area contributed by atoms with E-state index in [1.165, 1.54) is 6.07 Å². The molecule has 1 aliphatic heterocycles. The van der Waals surface area contributed by atoms with E-state index >= 15 is 0 Å². The molecule has 1 heterocycles. The number of nitrogens with two attached hydrogens (primary N) is 1. The number of aliphatic hydroxyl groups excluding tert-OH is 1. The molecule has 1 amide bonds. The zero-order chi connectivity index (χ0) is 17.5. The van der Waals surface area contributed by atoms with E-state index in [9.17, 15) is 10.1 Å². The van der Waals surface area contributed by atoms with Crippen molar-refractivity contribution in [3.8, 4) is 6.07 Å². The maximum atomic E-state index is 12.4. The molecule has 0 spiro atoms.